The van der Waals surface area contributed by atoms with Gasteiger partial charge < -0.3 is 13.4 Å². The molecule has 6 nitrogen and oxygen atoms in total. The summed E-state index contributed by atoms with van der Waals surface area (Å²) in [6.45, 7) is 0. The molecule has 0 fully saturated rings. The van der Waals surface area contributed by atoms with E-state index in [-0.39, 0.29) is 0 Å². The van der Waals surface area contributed by atoms with Gasteiger partial charge >= 0.3 is 0 Å². The van der Waals surface area contributed by atoms with E-state index in [1.165, 1.54) is 21.8 Å². The van der Waals surface area contributed by atoms with Crippen LogP contribution >= 0.6 is 0 Å². The molecule has 13 aromatic rings. The Balaban J connectivity index is 1.01. The third kappa shape index (κ3) is 3.84. The van der Waals surface area contributed by atoms with Crippen LogP contribution in [0.15, 0.2) is 179 Å². The van der Waals surface area contributed by atoms with Crippen molar-refractivity contribution in [1.82, 2.24) is 18.5 Å². The fourth-order valence-electron chi connectivity index (χ4n) is 9.08. The molecule has 13 rings (SSSR count). The van der Waals surface area contributed by atoms with Crippen molar-refractivity contribution < 1.29 is 8.83 Å². The van der Waals surface area contributed by atoms with E-state index in [4.69, 9.17) is 13.8 Å². The van der Waals surface area contributed by atoms with E-state index in [2.05, 4.69) is 177 Å². The van der Waals surface area contributed by atoms with Crippen molar-refractivity contribution in [3.8, 4) is 22.5 Å². The van der Waals surface area contributed by atoms with Crippen LogP contribution in [0, 0.1) is 0 Å². The Hall–Kier alpha value is -7.57. The molecule has 0 spiro atoms. The predicted molar refractivity (Wildman–Crippen MR) is 224 cm³/mol. The second-order valence-corrected chi connectivity index (χ2v) is 14.4. The molecular formula is C49H28N4O2. The van der Waals surface area contributed by atoms with Crippen LogP contribution in [-0.4, -0.2) is 18.5 Å². The Labute approximate surface area is 312 Å². The minimum Gasteiger partial charge on any atom is -0.456 e. The first-order chi connectivity index (χ1) is 27.3. The molecule has 8 aromatic carbocycles. The zero-order valence-corrected chi connectivity index (χ0v) is 29.3. The molecule has 6 heteroatoms. The first kappa shape index (κ1) is 28.9. The van der Waals surface area contributed by atoms with E-state index in [0.29, 0.717) is 0 Å². The normalized spacial score (nSPS) is 12.4. The molecule has 0 saturated heterocycles. The van der Waals surface area contributed by atoms with Crippen molar-refractivity contribution in [2.24, 2.45) is 0 Å². The Morgan fingerprint density at radius 1 is 0.382 bits per heavy atom. The summed E-state index contributed by atoms with van der Waals surface area (Å²) in [5.41, 5.74) is 14.3. The molecule has 0 saturated carbocycles. The monoisotopic (exact) mass is 704 g/mol. The summed E-state index contributed by atoms with van der Waals surface area (Å²) in [7, 11) is 0. The topological polar surface area (TPSA) is 53.4 Å². The van der Waals surface area contributed by atoms with Crippen LogP contribution in [0.4, 0.5) is 0 Å². The fraction of sp³-hybridized carbons (Fsp3) is 0. The number of benzene rings is 8. The maximum absolute atomic E-state index is 6.74. The van der Waals surface area contributed by atoms with E-state index in [1.807, 2.05) is 6.07 Å². The number of fused-ring (bicyclic) bond motifs is 14. The summed E-state index contributed by atoms with van der Waals surface area (Å²) in [6.07, 6.45) is 0. The van der Waals surface area contributed by atoms with Gasteiger partial charge in [-0.25, -0.2) is 4.98 Å². The van der Waals surface area contributed by atoms with Crippen molar-refractivity contribution in [2.75, 3.05) is 0 Å². The van der Waals surface area contributed by atoms with Crippen LogP contribution in [0.5, 0.6) is 0 Å². The van der Waals surface area contributed by atoms with Crippen LogP contribution in [0.3, 0.4) is 0 Å². The van der Waals surface area contributed by atoms with Gasteiger partial charge in [-0.15, -0.1) is 0 Å². The van der Waals surface area contributed by atoms with Gasteiger partial charge in [-0.2, -0.15) is 0 Å². The Kier molecular flexibility index (Phi) is 5.54. The smallest absolute Gasteiger partial charge is 0.220 e. The van der Waals surface area contributed by atoms with Gasteiger partial charge in [0.05, 0.1) is 49.9 Å². The highest BCUT2D eigenvalue weighted by molar-refractivity contribution is 6.15. The summed E-state index contributed by atoms with van der Waals surface area (Å²) in [5.74, 6) is 0.858. The lowest BCUT2D eigenvalue weighted by Gasteiger charge is -2.10. The number of rotatable bonds is 3. The molecule has 0 aliphatic rings. The first-order valence-electron chi connectivity index (χ1n) is 18.5. The van der Waals surface area contributed by atoms with Crippen LogP contribution in [0.25, 0.3) is 116 Å². The van der Waals surface area contributed by atoms with Crippen molar-refractivity contribution in [3.63, 3.8) is 0 Å². The lowest BCUT2D eigenvalue weighted by molar-refractivity contribution is 0.666. The molecule has 0 radical (unpaired) electrons. The molecule has 0 aliphatic carbocycles. The summed E-state index contributed by atoms with van der Waals surface area (Å²) in [5, 5.41) is 6.78. The van der Waals surface area contributed by atoms with Crippen molar-refractivity contribution in [2.45, 2.75) is 0 Å². The molecule has 5 heterocycles. The standard InChI is InChI=1S/C49H28N4O2/c1-4-15-37-31(11-1)32-12-2-5-16-38(32)51(37)42-20-10-22-46-47(42)35-28-30(24-26-45(35)54-46)29-23-25-44-34(27-29)33-13-9-21-43(48(33)55-44)53-41-19-8-7-18-40(41)52-39-17-6-3-14-36(39)50-49(52)53/h1-28H. The van der Waals surface area contributed by atoms with Gasteiger partial charge in [0.15, 0.2) is 5.58 Å². The molecule has 55 heavy (non-hydrogen) atoms. The molecule has 0 N–H and O–H groups in total. The average Bonchev–Trinajstić information content (AvgIpc) is 4.04. The zero-order chi connectivity index (χ0) is 35.8. The highest BCUT2D eigenvalue weighted by atomic mass is 16.3. The van der Waals surface area contributed by atoms with Gasteiger partial charge in [0.2, 0.25) is 5.78 Å². The van der Waals surface area contributed by atoms with Crippen LogP contribution in [-0.2, 0) is 0 Å². The predicted octanol–water partition coefficient (Wildman–Crippen LogP) is 13.0. The number of nitrogens with zero attached hydrogens (tertiary/aromatic N) is 4. The first-order valence-corrected chi connectivity index (χ1v) is 18.5. The molecule has 256 valence electrons. The van der Waals surface area contributed by atoms with Crippen molar-refractivity contribution in [1.29, 1.82) is 0 Å². The minimum atomic E-state index is 0.831. The SMILES string of the molecule is c1ccc2c(c1)nc1n(-c3cccc4c3oc3ccc(-c5ccc6oc7cccc(-n8c9ccccc9c9ccccc98)c7c6c5)cc34)c3ccccc3n21. The van der Waals surface area contributed by atoms with E-state index >= 15 is 0 Å². The van der Waals surface area contributed by atoms with Crippen LogP contribution < -0.4 is 0 Å². The lowest BCUT2D eigenvalue weighted by atomic mass is 10.00. The fourth-order valence-corrected chi connectivity index (χ4v) is 9.08. The third-order valence-electron chi connectivity index (χ3n) is 11.5. The van der Waals surface area contributed by atoms with E-state index in [0.717, 1.165) is 94.2 Å². The van der Waals surface area contributed by atoms with Crippen molar-refractivity contribution in [3.05, 3.63) is 170 Å². The largest absolute Gasteiger partial charge is 0.456 e. The molecule has 0 atom stereocenters. The van der Waals surface area contributed by atoms with Gasteiger partial charge in [0.1, 0.15) is 16.7 Å². The average molecular weight is 705 g/mol. The Morgan fingerprint density at radius 3 is 1.76 bits per heavy atom. The summed E-state index contributed by atoms with van der Waals surface area (Å²) in [6, 6.07) is 59.9. The molecule has 5 aromatic heterocycles. The minimum absolute atomic E-state index is 0.831. The van der Waals surface area contributed by atoms with Crippen LogP contribution in [0.1, 0.15) is 0 Å². The number of furan rings is 2. The van der Waals surface area contributed by atoms with E-state index in [1.54, 1.807) is 0 Å². The molecular weight excluding hydrogens is 677 g/mol. The molecule has 0 aliphatic heterocycles. The van der Waals surface area contributed by atoms with Gasteiger partial charge in [0, 0.05) is 26.9 Å². The van der Waals surface area contributed by atoms with Gasteiger partial charge in [0.25, 0.3) is 0 Å². The van der Waals surface area contributed by atoms with Crippen molar-refractivity contribution >= 4 is 93.5 Å². The second kappa shape index (κ2) is 10.5. The summed E-state index contributed by atoms with van der Waals surface area (Å²) >= 11 is 0. The van der Waals surface area contributed by atoms with Gasteiger partial charge in [-0.05, 0) is 90.0 Å². The van der Waals surface area contributed by atoms with Crippen LogP contribution in [0.2, 0.25) is 0 Å². The molecule has 0 amide bonds. The maximum atomic E-state index is 6.74. The summed E-state index contributed by atoms with van der Waals surface area (Å²) < 4.78 is 20.1. The number of imidazole rings is 2. The Bertz CT molecular complexity index is 3690. The van der Waals surface area contributed by atoms with E-state index < -0.39 is 0 Å². The lowest BCUT2D eigenvalue weighted by Crippen LogP contribution is -1.95. The number of hydrogen-bond acceptors (Lipinski definition) is 3. The van der Waals surface area contributed by atoms with E-state index in [9.17, 15) is 0 Å². The number of aromatic nitrogens is 4. The second-order valence-electron chi connectivity index (χ2n) is 14.4. The number of hydrogen-bond donors (Lipinski definition) is 0. The quantitative estimate of drug-likeness (QED) is 0.184. The van der Waals surface area contributed by atoms with Gasteiger partial charge in [-0.1, -0.05) is 91.0 Å². The highest BCUT2D eigenvalue weighted by Gasteiger charge is 2.22. The zero-order valence-electron chi connectivity index (χ0n) is 29.3. The maximum Gasteiger partial charge on any atom is 0.220 e. The Morgan fingerprint density at radius 2 is 0.982 bits per heavy atom. The molecule has 0 unspecified atom stereocenters. The molecule has 0 bridgehead atoms. The van der Waals surface area contributed by atoms with Gasteiger partial charge in [-0.3, -0.25) is 8.97 Å². The third-order valence-corrected chi connectivity index (χ3v) is 11.5. The highest BCUT2D eigenvalue weighted by Crippen LogP contribution is 2.42. The number of para-hydroxylation sites is 7. The summed E-state index contributed by atoms with van der Waals surface area (Å²) in [4.78, 5) is 5.11.